The van der Waals surface area contributed by atoms with Gasteiger partial charge in [-0.3, -0.25) is 4.90 Å². The van der Waals surface area contributed by atoms with Gasteiger partial charge in [0.15, 0.2) is 0 Å². The molecule has 2 fully saturated rings. The number of piperazine rings is 1. The van der Waals surface area contributed by atoms with E-state index in [1.807, 2.05) is 4.90 Å². The van der Waals surface area contributed by atoms with Crippen molar-refractivity contribution >= 4 is 12.4 Å². The molecule has 3 rings (SSSR count). The summed E-state index contributed by atoms with van der Waals surface area (Å²) in [7, 11) is 0. The lowest BCUT2D eigenvalue weighted by Crippen LogP contribution is -2.48. The summed E-state index contributed by atoms with van der Waals surface area (Å²) in [6.07, 6.45) is -6.95. The Morgan fingerprint density at radius 2 is 1.38 bits per heavy atom. The minimum absolute atomic E-state index is 0. The molecular weight excluding hydrogens is 382 g/mol. The number of alkyl halides is 6. The molecule has 0 spiro atoms. The highest BCUT2D eigenvalue weighted by Crippen LogP contribution is 2.44. The molecule has 1 aromatic rings. The quantitative estimate of drug-likeness (QED) is 0.724. The summed E-state index contributed by atoms with van der Waals surface area (Å²) in [6.45, 7) is 2.63. The zero-order chi connectivity index (χ0) is 18.2. The molecule has 0 amide bonds. The zero-order valence-corrected chi connectivity index (χ0v) is 14.8. The fourth-order valence-electron chi connectivity index (χ4n) is 3.65. The van der Waals surface area contributed by atoms with Crippen LogP contribution in [-0.4, -0.2) is 31.1 Å². The minimum atomic E-state index is -4.80. The first-order valence-electron chi connectivity index (χ1n) is 8.40. The number of nitrogens with one attached hydrogen (secondary N) is 1. The molecule has 26 heavy (non-hydrogen) atoms. The van der Waals surface area contributed by atoms with Crippen LogP contribution in [0.3, 0.4) is 0 Å². The molecule has 0 aromatic heterocycles. The largest absolute Gasteiger partial charge is 0.416 e. The highest BCUT2D eigenvalue weighted by Gasteiger charge is 2.40. The van der Waals surface area contributed by atoms with Crippen LogP contribution in [0.2, 0.25) is 0 Å². The van der Waals surface area contributed by atoms with Crippen LogP contribution in [0.15, 0.2) is 18.2 Å². The Bertz CT molecular complexity index is 574. The van der Waals surface area contributed by atoms with Gasteiger partial charge in [0, 0.05) is 32.2 Å². The van der Waals surface area contributed by atoms with Crippen molar-refractivity contribution in [2.24, 2.45) is 5.92 Å². The number of hydrogen-bond donors (Lipinski definition) is 1. The Hall–Kier alpha value is -0.990. The van der Waals surface area contributed by atoms with E-state index in [9.17, 15) is 26.3 Å². The Morgan fingerprint density at radius 3 is 1.77 bits per heavy atom. The van der Waals surface area contributed by atoms with Crippen LogP contribution in [0.1, 0.15) is 42.0 Å². The van der Waals surface area contributed by atoms with Crippen LogP contribution >= 0.6 is 12.4 Å². The summed E-state index contributed by atoms with van der Waals surface area (Å²) in [5.41, 5.74) is -2.32. The Kier molecular flexibility index (Phi) is 6.51. The van der Waals surface area contributed by atoms with Crippen LogP contribution in [0.5, 0.6) is 0 Å². The fraction of sp³-hybridized carbons (Fsp3) is 0.647. The van der Waals surface area contributed by atoms with Gasteiger partial charge in [0.1, 0.15) is 0 Å². The molecule has 1 N–H and O–H groups in total. The first kappa shape index (κ1) is 21.3. The maximum absolute atomic E-state index is 13.1. The van der Waals surface area contributed by atoms with E-state index in [1.165, 1.54) is 0 Å². The summed E-state index contributed by atoms with van der Waals surface area (Å²) in [5.74, 6) is 0.114. The second-order valence-corrected chi connectivity index (χ2v) is 6.76. The molecule has 2 nitrogen and oxygen atoms in total. The Balaban J connectivity index is 0.00000243. The molecule has 1 heterocycles. The van der Waals surface area contributed by atoms with E-state index >= 15 is 0 Å². The fourth-order valence-corrected chi connectivity index (χ4v) is 3.65. The number of benzene rings is 1. The standard InChI is InChI=1S/C17H20F6N2.ClH/c18-16(19,20)13-8-12(9-14(10-13)17(21,22)23)15(11-2-1-3-11)25-6-4-24-5-7-25;/h8-11,15,24H,1-7H2;1H/t15-;/m0./s1. The lowest BCUT2D eigenvalue weighted by atomic mass is 9.75. The van der Waals surface area contributed by atoms with E-state index < -0.39 is 23.5 Å². The lowest BCUT2D eigenvalue weighted by Gasteiger charge is -2.43. The van der Waals surface area contributed by atoms with Gasteiger partial charge in [-0.15, -0.1) is 12.4 Å². The van der Waals surface area contributed by atoms with Crippen molar-refractivity contribution in [1.29, 1.82) is 0 Å². The molecule has 2 aliphatic rings. The molecule has 1 aromatic carbocycles. The average molecular weight is 403 g/mol. The first-order chi connectivity index (χ1) is 11.7. The molecule has 0 radical (unpaired) electrons. The van der Waals surface area contributed by atoms with Gasteiger partial charge < -0.3 is 5.32 Å². The van der Waals surface area contributed by atoms with Crippen molar-refractivity contribution in [2.45, 2.75) is 37.7 Å². The second kappa shape index (κ2) is 7.94. The van der Waals surface area contributed by atoms with Crippen molar-refractivity contribution in [3.63, 3.8) is 0 Å². The predicted molar refractivity (Wildman–Crippen MR) is 88.2 cm³/mol. The van der Waals surface area contributed by atoms with Crippen molar-refractivity contribution in [1.82, 2.24) is 10.2 Å². The van der Waals surface area contributed by atoms with Gasteiger partial charge in [-0.25, -0.2) is 0 Å². The SMILES string of the molecule is Cl.FC(F)(F)c1cc([C@H](C2CCC2)N2CCNCC2)cc(C(F)(F)F)c1. The molecule has 1 atom stereocenters. The van der Waals surface area contributed by atoms with E-state index in [1.54, 1.807) is 0 Å². The minimum Gasteiger partial charge on any atom is -0.314 e. The third-order valence-electron chi connectivity index (χ3n) is 5.09. The van der Waals surface area contributed by atoms with Crippen LogP contribution in [0.4, 0.5) is 26.3 Å². The molecule has 148 valence electrons. The van der Waals surface area contributed by atoms with Crippen LogP contribution in [-0.2, 0) is 12.4 Å². The molecule has 0 bridgehead atoms. The van der Waals surface area contributed by atoms with Crippen molar-refractivity contribution in [3.8, 4) is 0 Å². The van der Waals surface area contributed by atoms with Gasteiger partial charge in [0.25, 0.3) is 0 Å². The van der Waals surface area contributed by atoms with Crippen LogP contribution in [0, 0.1) is 5.92 Å². The zero-order valence-electron chi connectivity index (χ0n) is 14.0. The smallest absolute Gasteiger partial charge is 0.314 e. The molecular formula is C17H21ClF6N2. The number of halogens is 7. The van der Waals surface area contributed by atoms with E-state index in [-0.39, 0.29) is 36.0 Å². The number of nitrogens with zero attached hydrogens (tertiary/aromatic N) is 1. The Morgan fingerprint density at radius 1 is 0.885 bits per heavy atom. The lowest BCUT2D eigenvalue weighted by molar-refractivity contribution is -0.143. The predicted octanol–water partition coefficient (Wildman–Crippen LogP) is 4.89. The van der Waals surface area contributed by atoms with Crippen molar-refractivity contribution in [2.75, 3.05) is 26.2 Å². The monoisotopic (exact) mass is 402 g/mol. The molecule has 1 saturated carbocycles. The van der Waals surface area contributed by atoms with Crippen LogP contribution < -0.4 is 5.32 Å². The Labute approximate surface area is 154 Å². The molecule has 0 unspecified atom stereocenters. The highest BCUT2D eigenvalue weighted by molar-refractivity contribution is 5.85. The normalized spacial score (nSPS) is 21.0. The topological polar surface area (TPSA) is 15.3 Å². The molecule has 1 aliphatic carbocycles. The van der Waals surface area contributed by atoms with Gasteiger partial charge in [-0.05, 0) is 42.5 Å². The summed E-state index contributed by atoms with van der Waals surface area (Å²) in [5, 5.41) is 3.17. The molecule has 9 heteroatoms. The average Bonchev–Trinajstić information content (AvgIpc) is 2.49. The number of hydrogen-bond acceptors (Lipinski definition) is 2. The number of rotatable bonds is 3. The summed E-state index contributed by atoms with van der Waals surface area (Å²) < 4.78 is 78.9. The van der Waals surface area contributed by atoms with Crippen molar-refractivity contribution in [3.05, 3.63) is 34.9 Å². The maximum Gasteiger partial charge on any atom is 0.416 e. The van der Waals surface area contributed by atoms with Gasteiger partial charge in [0.2, 0.25) is 0 Å². The van der Waals surface area contributed by atoms with Gasteiger partial charge in [-0.1, -0.05) is 6.42 Å². The van der Waals surface area contributed by atoms with E-state index in [4.69, 9.17) is 0 Å². The third kappa shape index (κ3) is 4.64. The molecule has 1 aliphatic heterocycles. The first-order valence-corrected chi connectivity index (χ1v) is 8.40. The summed E-state index contributed by atoms with van der Waals surface area (Å²) >= 11 is 0. The van der Waals surface area contributed by atoms with E-state index in [2.05, 4.69) is 5.32 Å². The van der Waals surface area contributed by atoms with E-state index in [0.717, 1.165) is 31.4 Å². The molecule has 1 saturated heterocycles. The van der Waals surface area contributed by atoms with Crippen LogP contribution in [0.25, 0.3) is 0 Å². The van der Waals surface area contributed by atoms with E-state index in [0.29, 0.717) is 26.2 Å². The van der Waals surface area contributed by atoms with Gasteiger partial charge >= 0.3 is 12.4 Å². The summed E-state index contributed by atoms with van der Waals surface area (Å²) in [6, 6.07) is 1.62. The maximum atomic E-state index is 13.1. The highest BCUT2D eigenvalue weighted by atomic mass is 35.5. The third-order valence-corrected chi connectivity index (χ3v) is 5.09. The van der Waals surface area contributed by atoms with Gasteiger partial charge in [-0.2, -0.15) is 26.3 Å². The van der Waals surface area contributed by atoms with Gasteiger partial charge in [0.05, 0.1) is 11.1 Å². The summed E-state index contributed by atoms with van der Waals surface area (Å²) in [4.78, 5) is 2.02. The second-order valence-electron chi connectivity index (χ2n) is 6.76. The van der Waals surface area contributed by atoms with Crippen molar-refractivity contribution < 1.29 is 26.3 Å².